The normalized spacial score (nSPS) is 11.3. The van der Waals surface area contributed by atoms with Crippen molar-refractivity contribution in [3.05, 3.63) is 382 Å². The van der Waals surface area contributed by atoms with Gasteiger partial charge >= 0.3 is 42.1 Å². The smallest absolute Gasteiger partial charge is 0.510 e. The van der Waals surface area contributed by atoms with Gasteiger partial charge in [-0.2, -0.15) is 23.9 Å². The molecule has 0 atom stereocenters. The minimum atomic E-state index is 0. The van der Waals surface area contributed by atoms with Crippen LogP contribution in [0.2, 0.25) is 0 Å². The number of aromatic nitrogens is 10. The maximum atomic E-state index is 6.07. The first-order valence-electron chi connectivity index (χ1n) is 35.2. The summed E-state index contributed by atoms with van der Waals surface area (Å²) in [7, 11) is 3.97. The molecule has 16 aromatic rings. The summed E-state index contributed by atoms with van der Waals surface area (Å²) in [6, 6.07) is 98.7. The molecule has 552 valence electrons. The van der Waals surface area contributed by atoms with Gasteiger partial charge in [0.25, 0.3) is 0 Å². The van der Waals surface area contributed by atoms with E-state index in [4.69, 9.17) is 14.7 Å². The van der Waals surface area contributed by atoms with E-state index in [9.17, 15) is 0 Å². The molecule has 0 N–H and O–H groups in total. The van der Waals surface area contributed by atoms with Crippen LogP contribution in [0.5, 0.6) is 11.5 Å². The summed E-state index contributed by atoms with van der Waals surface area (Å²) >= 11 is 0. The summed E-state index contributed by atoms with van der Waals surface area (Å²) in [4.78, 5) is 26.9. The van der Waals surface area contributed by atoms with Gasteiger partial charge in [-0.25, -0.2) is 0 Å². The molecule has 15 nitrogen and oxygen atoms in total. The van der Waals surface area contributed by atoms with E-state index in [1.807, 2.05) is 188 Å². The second kappa shape index (κ2) is 35.5. The Hall–Kier alpha value is -11.7. The number of ether oxygens (including phenoxy) is 1. The van der Waals surface area contributed by atoms with E-state index in [0.717, 1.165) is 108 Å². The van der Waals surface area contributed by atoms with Crippen LogP contribution in [0.15, 0.2) is 305 Å². The van der Waals surface area contributed by atoms with E-state index in [1.165, 1.54) is 33.4 Å². The van der Waals surface area contributed by atoms with Gasteiger partial charge in [-0.05, 0) is 160 Å². The zero-order chi connectivity index (χ0) is 73.3. The van der Waals surface area contributed by atoms with E-state index in [1.54, 1.807) is 12.4 Å². The summed E-state index contributed by atoms with van der Waals surface area (Å²) in [5, 5.41) is 4.37. The average molecular weight is 1980 g/mol. The fourth-order valence-corrected chi connectivity index (χ4v) is 13.3. The minimum Gasteiger partial charge on any atom is -0.510 e. The first-order valence-corrected chi connectivity index (χ1v) is 35.2. The van der Waals surface area contributed by atoms with Crippen LogP contribution in [-0.2, 0) is 70.2 Å². The van der Waals surface area contributed by atoms with Crippen LogP contribution in [0.1, 0.15) is 33.4 Å². The monoisotopic (exact) mass is 1980 g/mol. The molecule has 11 aromatic carbocycles. The van der Waals surface area contributed by atoms with Gasteiger partial charge in [0, 0.05) is 92.9 Å². The van der Waals surface area contributed by atoms with Gasteiger partial charge in [0.1, 0.15) is 0 Å². The standard InChI is InChI=1S/C33H28N5.C32H25N5.C27H22N4O.3Pt/c1-25-10-7-11-26(2)33(25)37-22-32(34-23-37)27-12-8-16-30(20-27)38(28-13-5-4-6-14-28)31-17-9-15-29(21-31)36-19-18-35(3)24-36;1-24-10-6-11-25(2)32(24)35-22-31(33-23-35)26-12-7-16-29(20-26)37(27-13-4-3-5-14-27)30-17-8-15-28(21-30)36-19-9-18-34-36;1-19-7-4-8-20(2)26(19)31-17-25(29-18-31)21-9-5-11-23(15-21)32-24-12-6-10-22(16-24)27-28-13-14-30(27)3;;;/h4-19,22-24H,1-3H3;3-19,22-23H,1-2H3;4-14,17-18H,1-3H3;;;/q-3;2*-2;;2*+2. The Kier molecular flexibility index (Phi) is 25.2. The van der Waals surface area contributed by atoms with E-state index in [2.05, 4.69) is 261 Å². The van der Waals surface area contributed by atoms with Gasteiger partial charge in [0.05, 0.1) is 41.9 Å². The first-order chi connectivity index (χ1) is 52.3. The van der Waals surface area contributed by atoms with Crippen molar-refractivity contribution in [1.82, 2.24) is 52.9 Å². The van der Waals surface area contributed by atoms with Crippen molar-refractivity contribution in [3.8, 4) is 79.4 Å². The summed E-state index contributed by atoms with van der Waals surface area (Å²) in [6.45, 7) is 14.8. The molecular weight excluding hydrogens is 1900 g/mol. The summed E-state index contributed by atoms with van der Waals surface area (Å²) in [5.41, 5.74) is 24.5. The molecular formula is C92H75N14OPt3-3. The van der Waals surface area contributed by atoms with Crippen LogP contribution < -0.4 is 19.4 Å². The van der Waals surface area contributed by atoms with Crippen LogP contribution in [0, 0.1) is 84.6 Å². The molecule has 1 aliphatic rings. The van der Waals surface area contributed by atoms with Crippen molar-refractivity contribution < 1.29 is 67.9 Å². The molecule has 110 heavy (non-hydrogen) atoms. The molecule has 0 fully saturated rings. The van der Waals surface area contributed by atoms with Crippen molar-refractivity contribution >= 4 is 39.8 Å². The molecule has 0 saturated heterocycles. The van der Waals surface area contributed by atoms with Gasteiger partial charge in [0.2, 0.25) is 0 Å². The van der Waals surface area contributed by atoms with E-state index >= 15 is 0 Å². The van der Waals surface area contributed by atoms with E-state index < -0.39 is 0 Å². The predicted molar refractivity (Wildman–Crippen MR) is 427 cm³/mol. The fourth-order valence-electron chi connectivity index (χ4n) is 13.3. The molecule has 1 aliphatic heterocycles. The molecule has 0 unspecified atom stereocenters. The third-order valence-corrected chi connectivity index (χ3v) is 18.4. The molecule has 6 heterocycles. The van der Waals surface area contributed by atoms with Crippen LogP contribution in [0.4, 0.5) is 39.8 Å². The van der Waals surface area contributed by atoms with E-state index in [0.29, 0.717) is 11.5 Å². The molecule has 0 radical (unpaired) electrons. The quantitative estimate of drug-likeness (QED) is 0.0817. The third-order valence-electron chi connectivity index (χ3n) is 18.4. The predicted octanol–water partition coefficient (Wildman–Crippen LogP) is 20.9. The molecule has 5 aromatic heterocycles. The average Bonchev–Trinajstić information content (AvgIpc) is 1.39. The van der Waals surface area contributed by atoms with Crippen molar-refractivity contribution in [2.75, 3.05) is 21.7 Å². The van der Waals surface area contributed by atoms with E-state index in [-0.39, 0.29) is 63.2 Å². The molecule has 0 aliphatic carbocycles. The number of anilines is 7. The number of para-hydroxylation sites is 5. The minimum absolute atomic E-state index is 0. The number of rotatable bonds is 17. The summed E-state index contributed by atoms with van der Waals surface area (Å²) in [6.07, 6.45) is 23.2. The topological polar surface area (TPSA) is 111 Å². The molecule has 0 spiro atoms. The Morgan fingerprint density at radius 3 is 1.17 bits per heavy atom. The second-order valence-corrected chi connectivity index (χ2v) is 26.1. The van der Waals surface area contributed by atoms with Crippen molar-refractivity contribution in [3.63, 3.8) is 0 Å². The molecule has 0 saturated carbocycles. The van der Waals surface area contributed by atoms with Gasteiger partial charge in [-0.15, -0.1) is 149 Å². The molecule has 0 amide bonds. The summed E-state index contributed by atoms with van der Waals surface area (Å²) in [5.74, 6) is 2.06. The van der Waals surface area contributed by atoms with Gasteiger partial charge in [-0.3, -0.25) is 24.6 Å². The van der Waals surface area contributed by atoms with Crippen LogP contribution in [-0.4, -0.2) is 59.9 Å². The van der Waals surface area contributed by atoms with Crippen LogP contribution in [0.3, 0.4) is 0 Å². The number of nitrogens with zero attached hydrogens (tertiary/aromatic N) is 14. The largest absolute Gasteiger partial charge is 2.00 e. The number of imidazole rings is 4. The van der Waals surface area contributed by atoms with Crippen molar-refractivity contribution in [1.29, 1.82) is 0 Å². The third kappa shape index (κ3) is 17.5. The van der Waals surface area contributed by atoms with Crippen LogP contribution >= 0.6 is 0 Å². The number of aryl methyl sites for hydroxylation is 7. The second-order valence-electron chi connectivity index (χ2n) is 26.1. The van der Waals surface area contributed by atoms with Crippen molar-refractivity contribution in [2.45, 2.75) is 41.5 Å². The van der Waals surface area contributed by atoms with Gasteiger partial charge in [-0.1, -0.05) is 115 Å². The molecule has 18 heteroatoms. The molecule has 17 rings (SSSR count). The fraction of sp³-hybridized carbons (Fsp3) is 0.0870. The first kappa shape index (κ1) is 77.9. The van der Waals surface area contributed by atoms with Crippen LogP contribution in [0.25, 0.3) is 67.9 Å². The van der Waals surface area contributed by atoms with Gasteiger partial charge < -0.3 is 42.6 Å². The number of hydrogen-bond acceptors (Lipinski definition) is 10. The Morgan fingerprint density at radius 1 is 0.364 bits per heavy atom. The Labute approximate surface area is 686 Å². The Bertz CT molecular complexity index is 5730. The SMILES string of the molecule is Cc1cccc(C)c1-n1cnc(-c2[c-]c(N(c3[c-]c(-n4cccn4)ccc3)c3ccccc3)ccc2)c1.Cc1cccc(C)c1-n1cnc(-c2[c-]c(N(c3[c-]c(N4C=CN(C)[CH-]4)ccc3)c3ccccc3)ccc2)c1.Cc1cccc(C)c1-n1cnc(-c2[c-]c(Oc3[c-]c(-c4nccn4C)ccc3)ccc2)c1.[Pt+2].[Pt+2].[Pt]. The maximum absolute atomic E-state index is 6.07. The zero-order valence-electron chi connectivity index (χ0n) is 61.6. The Balaban J connectivity index is 0.000000152. The zero-order valence-corrected chi connectivity index (χ0v) is 68.4. The maximum Gasteiger partial charge on any atom is 2.00 e. The van der Waals surface area contributed by atoms with Crippen molar-refractivity contribution in [2.24, 2.45) is 7.05 Å². The van der Waals surface area contributed by atoms with Gasteiger partial charge in [0.15, 0.2) is 0 Å². The number of benzene rings is 11. The summed E-state index contributed by atoms with van der Waals surface area (Å²) < 4.78 is 16.1. The number of hydrogen-bond donors (Lipinski definition) is 0. The Morgan fingerprint density at radius 2 is 0.755 bits per heavy atom. The molecule has 0 bridgehead atoms.